The highest BCUT2D eigenvalue weighted by Crippen LogP contribution is 2.29. The van der Waals surface area contributed by atoms with Crippen LogP contribution in [0.3, 0.4) is 0 Å². The number of nitriles is 1. The predicted molar refractivity (Wildman–Crippen MR) is 111 cm³/mol. The van der Waals surface area contributed by atoms with E-state index < -0.39 is 11.9 Å². The minimum absolute atomic E-state index is 0.0929. The second-order valence-corrected chi connectivity index (χ2v) is 7.31. The Balaban J connectivity index is 1.67. The Morgan fingerprint density at radius 2 is 2.07 bits per heavy atom. The van der Waals surface area contributed by atoms with Crippen molar-refractivity contribution < 1.29 is 9.50 Å². The second-order valence-electron chi connectivity index (χ2n) is 6.20. The molecule has 1 unspecified atom stereocenters. The molecule has 144 valence electrons. The molecular formula is C21H21FN4OS. The molecule has 28 heavy (non-hydrogen) atoms. The van der Waals surface area contributed by atoms with E-state index in [1.165, 1.54) is 18.2 Å². The van der Waals surface area contributed by atoms with Gasteiger partial charge in [0, 0.05) is 28.2 Å². The average molecular weight is 396 g/mol. The van der Waals surface area contributed by atoms with Crippen molar-refractivity contribution in [3.8, 4) is 6.07 Å². The summed E-state index contributed by atoms with van der Waals surface area (Å²) in [5.41, 5.74) is 0.742. The molecule has 0 aliphatic rings. The quantitative estimate of drug-likeness (QED) is 0.438. The monoisotopic (exact) mass is 396 g/mol. The van der Waals surface area contributed by atoms with E-state index in [1.54, 1.807) is 11.3 Å². The molecule has 0 amide bonds. The molecular weight excluding hydrogens is 375 g/mol. The number of rotatable bonds is 6. The molecule has 3 N–H and O–H groups in total. The first-order valence-electron chi connectivity index (χ1n) is 8.98. The van der Waals surface area contributed by atoms with Crippen LogP contribution in [0, 0.1) is 17.1 Å². The van der Waals surface area contributed by atoms with Gasteiger partial charge in [0.05, 0.1) is 18.2 Å². The first-order valence-corrected chi connectivity index (χ1v) is 9.79. The number of guanidine groups is 1. The molecule has 0 saturated heterocycles. The van der Waals surface area contributed by atoms with E-state index >= 15 is 0 Å². The Bertz CT molecular complexity index is 992. The van der Waals surface area contributed by atoms with Crippen molar-refractivity contribution in [3.05, 3.63) is 70.4 Å². The van der Waals surface area contributed by atoms with Crippen LogP contribution >= 0.6 is 11.3 Å². The molecule has 7 heteroatoms. The van der Waals surface area contributed by atoms with Gasteiger partial charge in [0.2, 0.25) is 0 Å². The van der Waals surface area contributed by atoms with Crippen LogP contribution in [0.5, 0.6) is 0 Å². The first-order chi connectivity index (χ1) is 13.6. The molecule has 3 rings (SSSR count). The van der Waals surface area contributed by atoms with E-state index in [0.29, 0.717) is 23.6 Å². The van der Waals surface area contributed by atoms with Gasteiger partial charge in [-0.1, -0.05) is 18.2 Å². The largest absolute Gasteiger partial charge is 0.386 e. The van der Waals surface area contributed by atoms with Crippen molar-refractivity contribution in [1.29, 1.82) is 5.26 Å². The number of halogens is 1. The number of nitrogens with zero attached hydrogens (tertiary/aromatic N) is 2. The van der Waals surface area contributed by atoms with Gasteiger partial charge in [0.1, 0.15) is 11.9 Å². The number of benzene rings is 2. The molecule has 2 aromatic carbocycles. The van der Waals surface area contributed by atoms with Crippen LogP contribution in [0.15, 0.2) is 53.5 Å². The number of hydrogen-bond acceptors (Lipinski definition) is 4. The van der Waals surface area contributed by atoms with E-state index in [1.807, 2.05) is 43.3 Å². The highest BCUT2D eigenvalue weighted by atomic mass is 32.1. The molecule has 5 nitrogen and oxygen atoms in total. The lowest BCUT2D eigenvalue weighted by molar-refractivity contribution is 0.184. The summed E-state index contributed by atoms with van der Waals surface area (Å²) in [5.74, 6) is 0.0772. The maximum Gasteiger partial charge on any atom is 0.191 e. The average Bonchev–Trinajstić information content (AvgIpc) is 3.15. The molecule has 0 aliphatic heterocycles. The maximum absolute atomic E-state index is 13.9. The van der Waals surface area contributed by atoms with Crippen LogP contribution < -0.4 is 10.6 Å². The fourth-order valence-corrected chi connectivity index (χ4v) is 3.78. The van der Waals surface area contributed by atoms with Gasteiger partial charge in [-0.15, -0.1) is 11.3 Å². The molecule has 0 saturated carbocycles. The number of aliphatic imine (C=N–C) groups is 1. The summed E-state index contributed by atoms with van der Waals surface area (Å²) in [6.07, 6.45) is -0.681. The topological polar surface area (TPSA) is 80.4 Å². The zero-order chi connectivity index (χ0) is 19.9. The molecule has 3 aromatic rings. The maximum atomic E-state index is 13.9. The number of thiophene rings is 1. The standard InChI is InChI=1S/C21H21FN4OS/c1-2-24-21(25-12-16-9-14(11-23)7-8-17(16)22)26-13-18(27)20-10-15-5-3-4-6-19(15)28-20/h3-10,18,27H,2,12-13H2,1H3,(H2,24,25,26). The van der Waals surface area contributed by atoms with Gasteiger partial charge in [-0.2, -0.15) is 5.26 Å². The van der Waals surface area contributed by atoms with Crippen molar-refractivity contribution in [3.63, 3.8) is 0 Å². The van der Waals surface area contributed by atoms with Gasteiger partial charge in [-0.05, 0) is 42.6 Å². The highest BCUT2D eigenvalue weighted by molar-refractivity contribution is 7.19. The van der Waals surface area contributed by atoms with Gasteiger partial charge >= 0.3 is 0 Å². The summed E-state index contributed by atoms with van der Waals surface area (Å²) in [6.45, 7) is 2.93. The predicted octanol–water partition coefficient (Wildman–Crippen LogP) is 3.70. The Kier molecular flexibility index (Phi) is 6.58. The van der Waals surface area contributed by atoms with Gasteiger partial charge in [0.15, 0.2) is 5.96 Å². The van der Waals surface area contributed by atoms with Gasteiger partial charge in [-0.3, -0.25) is 0 Å². The van der Waals surface area contributed by atoms with Crippen LogP contribution in [0.25, 0.3) is 10.1 Å². The number of nitrogens with one attached hydrogen (secondary N) is 2. The molecule has 0 aliphatic carbocycles. The fourth-order valence-electron chi connectivity index (χ4n) is 2.73. The Morgan fingerprint density at radius 1 is 1.25 bits per heavy atom. The molecule has 0 bridgehead atoms. The van der Waals surface area contributed by atoms with Crippen molar-refractivity contribution in [2.75, 3.05) is 13.1 Å². The third-order valence-electron chi connectivity index (χ3n) is 4.16. The van der Waals surface area contributed by atoms with Gasteiger partial charge in [0.25, 0.3) is 0 Å². The van der Waals surface area contributed by atoms with Crippen molar-refractivity contribution in [2.45, 2.75) is 19.6 Å². The van der Waals surface area contributed by atoms with Crippen LogP contribution in [0.2, 0.25) is 0 Å². The summed E-state index contributed by atoms with van der Waals surface area (Å²) >= 11 is 1.56. The Labute approximate surface area is 167 Å². The molecule has 1 heterocycles. The summed E-state index contributed by atoms with van der Waals surface area (Å²) in [4.78, 5) is 5.24. The van der Waals surface area contributed by atoms with Gasteiger partial charge < -0.3 is 15.7 Å². The SMILES string of the molecule is CCNC(=NCc1cc(C#N)ccc1F)NCC(O)c1cc2ccccc2s1. The lowest BCUT2D eigenvalue weighted by Gasteiger charge is -2.14. The third kappa shape index (κ3) is 4.85. The van der Waals surface area contributed by atoms with Crippen molar-refractivity contribution in [1.82, 2.24) is 10.6 Å². The van der Waals surface area contributed by atoms with Crippen LogP contribution in [0.1, 0.15) is 29.0 Å². The fraction of sp³-hybridized carbons (Fsp3) is 0.238. The number of hydrogen-bond donors (Lipinski definition) is 3. The number of aliphatic hydroxyl groups excluding tert-OH is 1. The second kappa shape index (κ2) is 9.31. The minimum Gasteiger partial charge on any atom is -0.386 e. The summed E-state index contributed by atoms with van der Waals surface area (Å²) in [6, 6.07) is 16.2. The van der Waals surface area contributed by atoms with E-state index in [4.69, 9.17) is 5.26 Å². The Morgan fingerprint density at radius 3 is 2.82 bits per heavy atom. The number of fused-ring (bicyclic) bond motifs is 1. The van der Waals surface area contributed by atoms with Crippen molar-refractivity contribution in [2.24, 2.45) is 4.99 Å². The first kappa shape index (κ1) is 19.8. The Hall–Kier alpha value is -2.95. The number of aliphatic hydroxyl groups is 1. The normalized spacial score (nSPS) is 12.6. The van der Waals surface area contributed by atoms with E-state index in [-0.39, 0.29) is 13.1 Å². The zero-order valence-corrected chi connectivity index (χ0v) is 16.3. The van der Waals surface area contributed by atoms with E-state index in [9.17, 15) is 9.50 Å². The highest BCUT2D eigenvalue weighted by Gasteiger charge is 2.12. The molecule has 0 spiro atoms. The smallest absolute Gasteiger partial charge is 0.191 e. The van der Waals surface area contributed by atoms with Crippen LogP contribution in [0.4, 0.5) is 4.39 Å². The summed E-state index contributed by atoms with van der Waals surface area (Å²) in [7, 11) is 0. The van der Waals surface area contributed by atoms with Crippen LogP contribution in [-0.2, 0) is 6.54 Å². The summed E-state index contributed by atoms with van der Waals surface area (Å²) < 4.78 is 15.1. The summed E-state index contributed by atoms with van der Waals surface area (Å²) in [5, 5.41) is 26.7. The lowest BCUT2D eigenvalue weighted by atomic mass is 10.1. The molecule has 1 atom stereocenters. The lowest BCUT2D eigenvalue weighted by Crippen LogP contribution is -2.39. The zero-order valence-electron chi connectivity index (χ0n) is 15.4. The molecule has 0 fully saturated rings. The van der Waals surface area contributed by atoms with Gasteiger partial charge in [-0.25, -0.2) is 9.38 Å². The van der Waals surface area contributed by atoms with E-state index in [2.05, 4.69) is 15.6 Å². The minimum atomic E-state index is -0.681. The van der Waals surface area contributed by atoms with E-state index in [0.717, 1.165) is 15.0 Å². The molecule has 1 aromatic heterocycles. The third-order valence-corrected chi connectivity index (χ3v) is 5.38. The van der Waals surface area contributed by atoms with Crippen molar-refractivity contribution >= 4 is 27.4 Å². The van der Waals surface area contributed by atoms with Crippen LogP contribution in [-0.4, -0.2) is 24.2 Å². The molecule has 0 radical (unpaired) electrons.